The molecular formula is C20H17ClO3. The van der Waals surface area contributed by atoms with Crippen LogP contribution in [0.4, 0.5) is 0 Å². The van der Waals surface area contributed by atoms with E-state index in [0.717, 1.165) is 21.9 Å². The Labute approximate surface area is 145 Å². The zero-order chi connectivity index (χ0) is 17.1. The maximum absolute atomic E-state index is 11.6. The Kier molecular flexibility index (Phi) is 4.72. The molecule has 0 aliphatic heterocycles. The van der Waals surface area contributed by atoms with E-state index >= 15 is 0 Å². The second-order valence-corrected chi connectivity index (χ2v) is 6.15. The van der Waals surface area contributed by atoms with Crippen LogP contribution < -0.4 is 4.74 Å². The number of carboxylic acids is 1. The van der Waals surface area contributed by atoms with E-state index in [1.54, 1.807) is 12.1 Å². The molecule has 3 aromatic rings. The van der Waals surface area contributed by atoms with Gasteiger partial charge >= 0.3 is 5.97 Å². The lowest BCUT2D eigenvalue weighted by molar-refractivity contribution is -0.145. The molecule has 0 heterocycles. The molecule has 0 unspecified atom stereocenters. The van der Waals surface area contributed by atoms with Crippen LogP contribution in [-0.4, -0.2) is 17.2 Å². The number of halogens is 1. The first kappa shape index (κ1) is 16.3. The van der Waals surface area contributed by atoms with Gasteiger partial charge in [-0.25, -0.2) is 4.79 Å². The standard InChI is InChI=1S/C20H17ClO3/c1-13-6-7-14(10-18(13)21)11-19(20(22)23)24-17-9-8-15-4-2-3-5-16(15)12-17/h2-10,12,19H,11H2,1H3,(H,22,23)/t19-/m1/s1. The number of carboxylic acid groups (broad SMARTS) is 1. The van der Waals surface area contributed by atoms with Gasteiger partial charge in [-0.05, 0) is 47.0 Å². The zero-order valence-electron chi connectivity index (χ0n) is 13.2. The summed E-state index contributed by atoms with van der Waals surface area (Å²) in [6.45, 7) is 1.91. The van der Waals surface area contributed by atoms with Gasteiger partial charge in [-0.15, -0.1) is 0 Å². The molecular weight excluding hydrogens is 324 g/mol. The van der Waals surface area contributed by atoms with Crippen LogP contribution in [0.2, 0.25) is 5.02 Å². The number of benzene rings is 3. The Bertz CT molecular complexity index is 889. The van der Waals surface area contributed by atoms with Gasteiger partial charge in [0.25, 0.3) is 0 Å². The van der Waals surface area contributed by atoms with Crippen LogP contribution in [0, 0.1) is 6.92 Å². The highest BCUT2D eigenvalue weighted by Crippen LogP contribution is 2.23. The molecule has 0 aliphatic rings. The minimum Gasteiger partial charge on any atom is -0.478 e. The van der Waals surface area contributed by atoms with E-state index in [0.29, 0.717) is 10.8 Å². The van der Waals surface area contributed by atoms with E-state index in [1.807, 2.05) is 55.5 Å². The van der Waals surface area contributed by atoms with Gasteiger partial charge in [0, 0.05) is 11.4 Å². The molecule has 0 amide bonds. The summed E-state index contributed by atoms with van der Waals surface area (Å²) in [5, 5.41) is 12.2. The van der Waals surface area contributed by atoms with E-state index in [-0.39, 0.29) is 6.42 Å². The summed E-state index contributed by atoms with van der Waals surface area (Å²) in [4.78, 5) is 11.6. The first-order chi connectivity index (χ1) is 11.5. The van der Waals surface area contributed by atoms with E-state index in [4.69, 9.17) is 16.3 Å². The Morgan fingerprint density at radius 1 is 1.08 bits per heavy atom. The Hall–Kier alpha value is -2.52. The molecule has 24 heavy (non-hydrogen) atoms. The van der Waals surface area contributed by atoms with Crippen molar-refractivity contribution in [3.05, 3.63) is 76.8 Å². The van der Waals surface area contributed by atoms with Crippen molar-refractivity contribution in [2.75, 3.05) is 0 Å². The lowest BCUT2D eigenvalue weighted by atomic mass is 10.1. The predicted octanol–water partition coefficient (Wildman–Crippen LogP) is 4.88. The molecule has 122 valence electrons. The van der Waals surface area contributed by atoms with Crippen molar-refractivity contribution < 1.29 is 14.6 Å². The number of aliphatic carboxylic acids is 1. The van der Waals surface area contributed by atoms with Crippen molar-refractivity contribution in [1.82, 2.24) is 0 Å². The number of hydrogen-bond acceptors (Lipinski definition) is 2. The number of ether oxygens (including phenoxy) is 1. The summed E-state index contributed by atoms with van der Waals surface area (Å²) < 4.78 is 5.72. The maximum Gasteiger partial charge on any atom is 0.345 e. The van der Waals surface area contributed by atoms with E-state index in [2.05, 4.69) is 0 Å². The largest absolute Gasteiger partial charge is 0.478 e. The summed E-state index contributed by atoms with van der Waals surface area (Å²) >= 11 is 6.11. The molecule has 0 aliphatic carbocycles. The second-order valence-electron chi connectivity index (χ2n) is 5.74. The van der Waals surface area contributed by atoms with Gasteiger partial charge in [-0.2, -0.15) is 0 Å². The summed E-state index contributed by atoms with van der Waals surface area (Å²) in [6.07, 6.45) is -0.716. The molecule has 0 saturated carbocycles. The van der Waals surface area contributed by atoms with E-state index < -0.39 is 12.1 Å². The Morgan fingerprint density at radius 3 is 2.54 bits per heavy atom. The van der Waals surface area contributed by atoms with Crippen LogP contribution in [-0.2, 0) is 11.2 Å². The fraction of sp³-hybridized carbons (Fsp3) is 0.150. The summed E-state index contributed by atoms with van der Waals surface area (Å²) in [7, 11) is 0. The van der Waals surface area contributed by atoms with Crippen LogP contribution >= 0.6 is 11.6 Å². The molecule has 0 radical (unpaired) electrons. The van der Waals surface area contributed by atoms with Gasteiger partial charge in [-0.1, -0.05) is 54.1 Å². The molecule has 3 aromatic carbocycles. The normalized spacial score (nSPS) is 12.1. The van der Waals surface area contributed by atoms with Crippen molar-refractivity contribution in [1.29, 1.82) is 0 Å². The average molecular weight is 341 g/mol. The minimum absolute atomic E-state index is 0.252. The second kappa shape index (κ2) is 6.93. The summed E-state index contributed by atoms with van der Waals surface area (Å²) in [5.41, 5.74) is 1.79. The maximum atomic E-state index is 11.6. The van der Waals surface area contributed by atoms with Crippen LogP contribution in [0.5, 0.6) is 5.75 Å². The van der Waals surface area contributed by atoms with Crippen LogP contribution in [0.25, 0.3) is 10.8 Å². The van der Waals surface area contributed by atoms with Crippen LogP contribution in [0.1, 0.15) is 11.1 Å². The molecule has 0 fully saturated rings. The zero-order valence-corrected chi connectivity index (χ0v) is 14.0. The third-order valence-corrected chi connectivity index (χ3v) is 4.34. The molecule has 0 spiro atoms. The Balaban J connectivity index is 1.82. The monoisotopic (exact) mass is 340 g/mol. The van der Waals surface area contributed by atoms with Gasteiger partial charge in [0.1, 0.15) is 5.75 Å². The molecule has 0 saturated heterocycles. The smallest absolute Gasteiger partial charge is 0.345 e. The summed E-state index contributed by atoms with van der Waals surface area (Å²) in [5.74, 6) is -0.459. The number of aryl methyl sites for hydroxylation is 1. The van der Waals surface area contributed by atoms with Crippen LogP contribution in [0.15, 0.2) is 60.7 Å². The number of hydrogen-bond donors (Lipinski definition) is 1. The highest BCUT2D eigenvalue weighted by atomic mass is 35.5. The quantitative estimate of drug-likeness (QED) is 0.720. The van der Waals surface area contributed by atoms with Crippen LogP contribution in [0.3, 0.4) is 0 Å². The number of rotatable bonds is 5. The van der Waals surface area contributed by atoms with Gasteiger partial charge in [0.15, 0.2) is 6.10 Å². The van der Waals surface area contributed by atoms with Crippen molar-refractivity contribution in [3.8, 4) is 5.75 Å². The Morgan fingerprint density at radius 2 is 1.83 bits per heavy atom. The number of fused-ring (bicyclic) bond motifs is 1. The molecule has 1 N–H and O–H groups in total. The van der Waals surface area contributed by atoms with Crippen molar-refractivity contribution in [2.24, 2.45) is 0 Å². The van der Waals surface area contributed by atoms with Gasteiger partial charge in [0.2, 0.25) is 0 Å². The molecule has 1 atom stereocenters. The van der Waals surface area contributed by atoms with Crippen molar-refractivity contribution in [3.63, 3.8) is 0 Å². The third kappa shape index (κ3) is 3.69. The lowest BCUT2D eigenvalue weighted by Gasteiger charge is -2.16. The topological polar surface area (TPSA) is 46.5 Å². The summed E-state index contributed by atoms with van der Waals surface area (Å²) in [6, 6.07) is 19.0. The third-order valence-electron chi connectivity index (χ3n) is 3.93. The highest BCUT2D eigenvalue weighted by Gasteiger charge is 2.20. The molecule has 3 nitrogen and oxygen atoms in total. The average Bonchev–Trinajstić information content (AvgIpc) is 2.57. The molecule has 0 aromatic heterocycles. The fourth-order valence-corrected chi connectivity index (χ4v) is 2.76. The van der Waals surface area contributed by atoms with Gasteiger partial charge in [-0.3, -0.25) is 0 Å². The van der Waals surface area contributed by atoms with Crippen molar-refractivity contribution >= 4 is 28.3 Å². The highest BCUT2D eigenvalue weighted by molar-refractivity contribution is 6.31. The SMILES string of the molecule is Cc1ccc(C[C@@H](Oc2ccc3ccccc3c2)C(=O)O)cc1Cl. The molecule has 3 rings (SSSR count). The van der Waals surface area contributed by atoms with Gasteiger partial charge in [0.05, 0.1) is 0 Å². The number of carbonyl (C=O) groups is 1. The minimum atomic E-state index is -1.00. The lowest BCUT2D eigenvalue weighted by Crippen LogP contribution is -2.29. The molecule has 0 bridgehead atoms. The van der Waals surface area contributed by atoms with Crippen molar-refractivity contribution in [2.45, 2.75) is 19.4 Å². The predicted molar refractivity (Wildman–Crippen MR) is 95.9 cm³/mol. The van der Waals surface area contributed by atoms with E-state index in [1.165, 1.54) is 0 Å². The fourth-order valence-electron chi connectivity index (χ4n) is 2.56. The first-order valence-electron chi connectivity index (χ1n) is 7.66. The van der Waals surface area contributed by atoms with E-state index in [9.17, 15) is 9.90 Å². The van der Waals surface area contributed by atoms with Gasteiger partial charge < -0.3 is 9.84 Å². The first-order valence-corrected chi connectivity index (χ1v) is 8.04. The molecule has 4 heteroatoms.